The van der Waals surface area contributed by atoms with E-state index in [4.69, 9.17) is 4.52 Å². The van der Waals surface area contributed by atoms with E-state index in [2.05, 4.69) is 17.1 Å². The van der Waals surface area contributed by atoms with Gasteiger partial charge in [0.25, 0.3) is 5.91 Å². The molecule has 0 radical (unpaired) electrons. The summed E-state index contributed by atoms with van der Waals surface area (Å²) in [6, 6.07) is 11.5. The molecule has 5 heteroatoms. The molecule has 1 aromatic heterocycles. The summed E-state index contributed by atoms with van der Waals surface area (Å²) < 4.78 is 5.36. The summed E-state index contributed by atoms with van der Waals surface area (Å²) in [5.41, 5.74) is 1.64. The minimum atomic E-state index is -0.0117. The Hall–Kier alpha value is -2.14. The number of rotatable bonds is 2. The molecule has 2 aliphatic heterocycles. The Balaban J connectivity index is 1.49. The number of hydrogen-bond donors (Lipinski definition) is 0. The van der Waals surface area contributed by atoms with Crippen molar-refractivity contribution in [3.05, 3.63) is 42.1 Å². The predicted octanol–water partition coefficient (Wildman–Crippen LogP) is 2.51. The fourth-order valence-electron chi connectivity index (χ4n) is 3.88. The van der Waals surface area contributed by atoms with Crippen LogP contribution in [0.1, 0.15) is 23.3 Å². The summed E-state index contributed by atoms with van der Waals surface area (Å²) in [4.78, 5) is 17.0. The van der Waals surface area contributed by atoms with E-state index in [0.29, 0.717) is 11.5 Å². The molecule has 2 aliphatic rings. The molecular weight excluding hydrogens is 290 g/mol. The summed E-state index contributed by atoms with van der Waals surface area (Å²) >= 11 is 0. The highest BCUT2D eigenvalue weighted by Crippen LogP contribution is 2.39. The highest BCUT2D eigenvalue weighted by atomic mass is 16.5. The second-order valence-corrected chi connectivity index (χ2v) is 6.91. The van der Waals surface area contributed by atoms with Gasteiger partial charge in [0, 0.05) is 36.7 Å². The molecule has 1 amide bonds. The smallest absolute Gasteiger partial charge is 0.276 e. The molecule has 3 heterocycles. The molecule has 120 valence electrons. The second kappa shape index (κ2) is 5.49. The van der Waals surface area contributed by atoms with Gasteiger partial charge in [0.05, 0.1) is 0 Å². The summed E-state index contributed by atoms with van der Waals surface area (Å²) in [6.45, 7) is 3.87. The second-order valence-electron chi connectivity index (χ2n) is 6.91. The average molecular weight is 311 g/mol. The third kappa shape index (κ3) is 2.65. The van der Waals surface area contributed by atoms with Crippen molar-refractivity contribution in [2.75, 3.05) is 33.2 Å². The summed E-state index contributed by atoms with van der Waals surface area (Å²) in [5, 5.41) is 3.99. The SMILES string of the molecule is CN1CCC2(CCN(C(=O)c3cc(-c4ccccc4)on3)C2)C1. The molecule has 2 aromatic rings. The lowest BCUT2D eigenvalue weighted by Crippen LogP contribution is -2.33. The van der Waals surface area contributed by atoms with E-state index in [9.17, 15) is 4.79 Å². The first kappa shape index (κ1) is 14.5. The van der Waals surface area contributed by atoms with Gasteiger partial charge in [-0.25, -0.2) is 0 Å². The number of benzene rings is 1. The third-order valence-electron chi connectivity index (χ3n) is 5.14. The number of amides is 1. The maximum absolute atomic E-state index is 12.7. The Labute approximate surface area is 135 Å². The maximum Gasteiger partial charge on any atom is 0.276 e. The molecule has 0 bridgehead atoms. The normalized spacial score (nSPS) is 24.7. The molecule has 0 saturated carbocycles. The minimum absolute atomic E-state index is 0.0117. The molecule has 1 unspecified atom stereocenters. The molecule has 0 N–H and O–H groups in total. The molecular formula is C18H21N3O2. The van der Waals surface area contributed by atoms with Crippen molar-refractivity contribution in [3.63, 3.8) is 0 Å². The van der Waals surface area contributed by atoms with Crippen molar-refractivity contribution in [2.45, 2.75) is 12.8 Å². The topological polar surface area (TPSA) is 49.6 Å². The molecule has 1 spiro atoms. The van der Waals surface area contributed by atoms with Crippen molar-refractivity contribution in [3.8, 4) is 11.3 Å². The van der Waals surface area contributed by atoms with Crippen LogP contribution in [0.15, 0.2) is 40.9 Å². The van der Waals surface area contributed by atoms with E-state index in [1.54, 1.807) is 6.07 Å². The summed E-state index contributed by atoms with van der Waals surface area (Å²) in [6.07, 6.45) is 2.27. The van der Waals surface area contributed by atoms with Crippen molar-refractivity contribution in [1.29, 1.82) is 0 Å². The standard InChI is InChI=1S/C18H21N3O2/c1-20-9-7-18(12-20)8-10-21(13-18)17(22)15-11-16(23-19-15)14-5-3-2-4-6-14/h2-6,11H,7-10,12-13H2,1H3. The maximum atomic E-state index is 12.7. The third-order valence-corrected chi connectivity index (χ3v) is 5.14. The van der Waals surface area contributed by atoms with E-state index < -0.39 is 0 Å². The van der Waals surface area contributed by atoms with Crippen molar-refractivity contribution in [1.82, 2.24) is 15.0 Å². The van der Waals surface area contributed by atoms with Gasteiger partial charge in [0.1, 0.15) is 0 Å². The zero-order valence-corrected chi connectivity index (χ0v) is 13.4. The van der Waals surface area contributed by atoms with Gasteiger partial charge in [-0.15, -0.1) is 0 Å². The van der Waals surface area contributed by atoms with Crippen LogP contribution < -0.4 is 0 Å². The van der Waals surface area contributed by atoms with Gasteiger partial charge in [0.2, 0.25) is 0 Å². The fourth-order valence-corrected chi connectivity index (χ4v) is 3.88. The Kier molecular flexibility index (Phi) is 3.45. The quantitative estimate of drug-likeness (QED) is 0.855. The lowest BCUT2D eigenvalue weighted by Gasteiger charge is -2.23. The van der Waals surface area contributed by atoms with Crippen LogP contribution in [0.4, 0.5) is 0 Å². The Morgan fingerprint density at radius 3 is 2.70 bits per heavy atom. The van der Waals surface area contributed by atoms with Crippen LogP contribution in [-0.4, -0.2) is 54.1 Å². The largest absolute Gasteiger partial charge is 0.355 e. The van der Waals surface area contributed by atoms with Crippen LogP contribution in [0, 0.1) is 5.41 Å². The fraction of sp³-hybridized carbons (Fsp3) is 0.444. The number of hydrogen-bond acceptors (Lipinski definition) is 4. The number of likely N-dealkylation sites (tertiary alicyclic amines) is 2. The Morgan fingerprint density at radius 2 is 1.96 bits per heavy atom. The first-order valence-electron chi connectivity index (χ1n) is 8.15. The lowest BCUT2D eigenvalue weighted by atomic mass is 9.86. The highest BCUT2D eigenvalue weighted by molar-refractivity contribution is 5.93. The van der Waals surface area contributed by atoms with Crippen LogP contribution >= 0.6 is 0 Å². The first-order chi connectivity index (χ1) is 11.2. The van der Waals surface area contributed by atoms with Gasteiger partial charge in [0.15, 0.2) is 11.5 Å². The average Bonchev–Trinajstić information content (AvgIpc) is 3.29. The Morgan fingerprint density at radius 1 is 1.17 bits per heavy atom. The number of nitrogens with zero attached hydrogens (tertiary/aromatic N) is 3. The van der Waals surface area contributed by atoms with Gasteiger partial charge in [-0.1, -0.05) is 35.5 Å². The van der Waals surface area contributed by atoms with E-state index in [1.807, 2.05) is 35.2 Å². The minimum Gasteiger partial charge on any atom is -0.355 e. The van der Waals surface area contributed by atoms with Crippen molar-refractivity contribution in [2.24, 2.45) is 5.41 Å². The van der Waals surface area contributed by atoms with E-state index >= 15 is 0 Å². The summed E-state index contributed by atoms with van der Waals surface area (Å²) in [5.74, 6) is 0.630. The molecule has 0 aliphatic carbocycles. The van der Waals surface area contributed by atoms with Crippen LogP contribution in [0.2, 0.25) is 0 Å². The van der Waals surface area contributed by atoms with Crippen molar-refractivity contribution < 1.29 is 9.32 Å². The van der Waals surface area contributed by atoms with Crippen molar-refractivity contribution >= 4 is 5.91 Å². The number of carbonyl (C=O) groups excluding carboxylic acids is 1. The molecule has 5 nitrogen and oxygen atoms in total. The Bertz CT molecular complexity index is 712. The first-order valence-corrected chi connectivity index (χ1v) is 8.15. The molecule has 2 fully saturated rings. The summed E-state index contributed by atoms with van der Waals surface area (Å²) in [7, 11) is 2.16. The van der Waals surface area contributed by atoms with E-state index in [0.717, 1.165) is 38.2 Å². The monoisotopic (exact) mass is 311 g/mol. The lowest BCUT2D eigenvalue weighted by molar-refractivity contribution is 0.0763. The van der Waals surface area contributed by atoms with Gasteiger partial charge < -0.3 is 14.3 Å². The van der Waals surface area contributed by atoms with E-state index in [1.165, 1.54) is 6.42 Å². The van der Waals surface area contributed by atoms with Crippen LogP contribution in [0.3, 0.4) is 0 Å². The number of carbonyl (C=O) groups is 1. The highest BCUT2D eigenvalue weighted by Gasteiger charge is 2.44. The predicted molar refractivity (Wildman–Crippen MR) is 87.0 cm³/mol. The zero-order chi connectivity index (χ0) is 15.9. The molecule has 4 rings (SSSR count). The van der Waals surface area contributed by atoms with Gasteiger partial charge in [-0.3, -0.25) is 4.79 Å². The van der Waals surface area contributed by atoms with Crippen LogP contribution in [0.5, 0.6) is 0 Å². The zero-order valence-electron chi connectivity index (χ0n) is 13.4. The van der Waals surface area contributed by atoms with Gasteiger partial charge in [-0.05, 0) is 26.4 Å². The molecule has 23 heavy (non-hydrogen) atoms. The molecule has 2 saturated heterocycles. The van der Waals surface area contributed by atoms with Gasteiger partial charge in [-0.2, -0.15) is 0 Å². The van der Waals surface area contributed by atoms with Gasteiger partial charge >= 0.3 is 0 Å². The van der Waals surface area contributed by atoms with Crippen LogP contribution in [-0.2, 0) is 0 Å². The number of aromatic nitrogens is 1. The van der Waals surface area contributed by atoms with Crippen LogP contribution in [0.25, 0.3) is 11.3 Å². The molecule has 1 aromatic carbocycles. The van der Waals surface area contributed by atoms with E-state index in [-0.39, 0.29) is 11.3 Å². The molecule has 1 atom stereocenters.